The van der Waals surface area contributed by atoms with Gasteiger partial charge < -0.3 is 4.74 Å². The monoisotopic (exact) mass is 244 g/mol. The Balaban J connectivity index is 2.29. The van der Waals surface area contributed by atoms with Crippen LogP contribution in [0.2, 0.25) is 0 Å². The molecule has 1 fully saturated rings. The Morgan fingerprint density at radius 3 is 3.11 bits per heavy atom. The fourth-order valence-corrected chi connectivity index (χ4v) is 2.66. The molecule has 0 spiro atoms. The van der Waals surface area contributed by atoms with Gasteiger partial charge >= 0.3 is 0 Å². The molecule has 18 heavy (non-hydrogen) atoms. The van der Waals surface area contributed by atoms with E-state index in [-0.39, 0.29) is 11.7 Å². The van der Waals surface area contributed by atoms with Gasteiger partial charge in [0.1, 0.15) is 0 Å². The minimum atomic E-state index is -0.117. The second kappa shape index (κ2) is 4.53. The van der Waals surface area contributed by atoms with E-state index < -0.39 is 0 Å². The van der Waals surface area contributed by atoms with Crippen LogP contribution in [0, 0.1) is 0 Å². The Hall–Kier alpha value is -1.68. The predicted octanol–water partition coefficient (Wildman–Crippen LogP) is 2.34. The van der Waals surface area contributed by atoms with E-state index in [4.69, 9.17) is 4.74 Å². The van der Waals surface area contributed by atoms with Gasteiger partial charge in [-0.1, -0.05) is 25.1 Å². The fraction of sp³-hybridized carbons (Fsp3) is 0.429. The van der Waals surface area contributed by atoms with E-state index in [0.717, 1.165) is 47.9 Å². The predicted molar refractivity (Wildman–Crippen MR) is 69.7 cm³/mol. The van der Waals surface area contributed by atoms with Crippen LogP contribution >= 0.6 is 0 Å². The first-order valence-electron chi connectivity index (χ1n) is 6.43. The molecule has 1 aromatic carbocycles. The maximum atomic E-state index is 12.1. The van der Waals surface area contributed by atoms with Crippen LogP contribution in [0.4, 0.5) is 0 Å². The average Bonchev–Trinajstić information content (AvgIpc) is 2.92. The lowest BCUT2D eigenvalue weighted by molar-refractivity contribution is 0.113. The number of rotatable bonds is 2. The third kappa shape index (κ3) is 1.73. The first kappa shape index (κ1) is 11.4. The van der Waals surface area contributed by atoms with Crippen molar-refractivity contribution in [2.45, 2.75) is 32.3 Å². The standard InChI is InChI=1S/C14H16N2O2/c1-2-11-9-5-3-6-10(12-7-4-8-18-12)13(9)14(17)16-15-11/h3,5-6,12H,2,4,7-8H2,1H3,(H,16,17)/t12-/m0/s1. The fourth-order valence-electron chi connectivity index (χ4n) is 2.66. The molecule has 0 saturated carbocycles. The van der Waals surface area contributed by atoms with Gasteiger partial charge in [0.05, 0.1) is 17.2 Å². The molecular formula is C14H16N2O2. The summed E-state index contributed by atoms with van der Waals surface area (Å²) < 4.78 is 5.70. The number of nitrogens with one attached hydrogen (secondary N) is 1. The summed E-state index contributed by atoms with van der Waals surface area (Å²) in [6, 6.07) is 5.95. The highest BCUT2D eigenvalue weighted by molar-refractivity contribution is 5.87. The highest BCUT2D eigenvalue weighted by Gasteiger charge is 2.21. The lowest BCUT2D eigenvalue weighted by Gasteiger charge is -2.13. The first-order chi connectivity index (χ1) is 8.81. The van der Waals surface area contributed by atoms with Gasteiger partial charge in [-0.3, -0.25) is 4.79 Å². The number of ether oxygens (including phenoxy) is 1. The van der Waals surface area contributed by atoms with E-state index in [1.54, 1.807) is 0 Å². The van der Waals surface area contributed by atoms with Crippen molar-refractivity contribution in [3.8, 4) is 0 Å². The van der Waals surface area contributed by atoms with Crippen LogP contribution in [0.25, 0.3) is 10.8 Å². The zero-order valence-corrected chi connectivity index (χ0v) is 10.4. The highest BCUT2D eigenvalue weighted by Crippen LogP contribution is 2.32. The van der Waals surface area contributed by atoms with Gasteiger partial charge in [0.25, 0.3) is 5.56 Å². The van der Waals surface area contributed by atoms with E-state index in [1.165, 1.54) is 0 Å². The number of fused-ring (bicyclic) bond motifs is 1. The third-order valence-electron chi connectivity index (χ3n) is 3.54. The second-order valence-corrected chi connectivity index (χ2v) is 4.62. The van der Waals surface area contributed by atoms with Gasteiger partial charge in [-0.05, 0) is 24.8 Å². The molecule has 1 saturated heterocycles. The Morgan fingerprint density at radius 2 is 2.39 bits per heavy atom. The van der Waals surface area contributed by atoms with Gasteiger partial charge in [0.2, 0.25) is 0 Å². The number of aromatic amines is 1. The maximum absolute atomic E-state index is 12.1. The van der Waals surface area contributed by atoms with Crippen LogP contribution < -0.4 is 5.56 Å². The van der Waals surface area contributed by atoms with Gasteiger partial charge in [0.15, 0.2) is 0 Å². The Bertz CT molecular complexity index is 627. The van der Waals surface area contributed by atoms with Crippen molar-refractivity contribution in [1.82, 2.24) is 10.2 Å². The smallest absolute Gasteiger partial charge is 0.272 e. The molecule has 1 aliphatic heterocycles. The van der Waals surface area contributed by atoms with Crippen molar-refractivity contribution in [2.75, 3.05) is 6.61 Å². The van der Waals surface area contributed by atoms with Crippen molar-refractivity contribution in [3.05, 3.63) is 39.8 Å². The van der Waals surface area contributed by atoms with Crippen LogP contribution in [0.1, 0.15) is 37.1 Å². The molecule has 4 nitrogen and oxygen atoms in total. The lowest BCUT2D eigenvalue weighted by atomic mass is 9.99. The third-order valence-corrected chi connectivity index (χ3v) is 3.54. The molecule has 0 bridgehead atoms. The molecule has 1 N–H and O–H groups in total. The van der Waals surface area contributed by atoms with Gasteiger partial charge in [-0.25, -0.2) is 5.10 Å². The summed E-state index contributed by atoms with van der Waals surface area (Å²) in [6.07, 6.45) is 2.91. The molecule has 4 heteroatoms. The van der Waals surface area contributed by atoms with Crippen molar-refractivity contribution >= 4 is 10.8 Å². The SMILES string of the molecule is CCc1n[nH]c(=O)c2c([C@@H]3CCCO3)cccc12. The molecular weight excluding hydrogens is 228 g/mol. The Kier molecular flexibility index (Phi) is 2.88. The lowest BCUT2D eigenvalue weighted by Crippen LogP contribution is -2.14. The highest BCUT2D eigenvalue weighted by atomic mass is 16.5. The quantitative estimate of drug-likeness (QED) is 0.882. The number of aromatic nitrogens is 2. The van der Waals surface area contributed by atoms with E-state index >= 15 is 0 Å². The zero-order valence-electron chi connectivity index (χ0n) is 10.4. The summed E-state index contributed by atoms with van der Waals surface area (Å²) in [6.45, 7) is 2.82. The Labute approximate surface area is 105 Å². The normalized spacial score (nSPS) is 19.5. The number of aryl methyl sites for hydroxylation is 1. The molecule has 2 aromatic rings. The molecule has 1 aromatic heterocycles. The molecule has 0 amide bonds. The molecule has 1 atom stereocenters. The summed E-state index contributed by atoms with van der Waals surface area (Å²) in [5.41, 5.74) is 1.82. The minimum Gasteiger partial charge on any atom is -0.374 e. The van der Waals surface area contributed by atoms with Crippen LogP contribution in [0.5, 0.6) is 0 Å². The first-order valence-corrected chi connectivity index (χ1v) is 6.43. The molecule has 2 heterocycles. The molecule has 1 aliphatic rings. The zero-order chi connectivity index (χ0) is 12.5. The molecule has 0 unspecified atom stereocenters. The summed E-state index contributed by atoms with van der Waals surface area (Å²) in [5, 5.41) is 8.41. The van der Waals surface area contributed by atoms with Crippen molar-refractivity contribution in [3.63, 3.8) is 0 Å². The maximum Gasteiger partial charge on any atom is 0.272 e. The van der Waals surface area contributed by atoms with E-state index in [9.17, 15) is 4.79 Å². The van der Waals surface area contributed by atoms with E-state index in [1.807, 2.05) is 25.1 Å². The minimum absolute atomic E-state index is 0.0573. The number of nitrogens with zero attached hydrogens (tertiary/aromatic N) is 1. The van der Waals surface area contributed by atoms with Crippen molar-refractivity contribution in [1.29, 1.82) is 0 Å². The number of hydrogen-bond donors (Lipinski definition) is 1. The van der Waals surface area contributed by atoms with E-state index in [0.29, 0.717) is 0 Å². The van der Waals surface area contributed by atoms with Gasteiger partial charge in [0, 0.05) is 12.0 Å². The van der Waals surface area contributed by atoms with Gasteiger partial charge in [-0.15, -0.1) is 0 Å². The van der Waals surface area contributed by atoms with Gasteiger partial charge in [-0.2, -0.15) is 5.10 Å². The van der Waals surface area contributed by atoms with Crippen molar-refractivity contribution < 1.29 is 4.74 Å². The summed E-state index contributed by atoms with van der Waals surface area (Å²) in [4.78, 5) is 12.1. The molecule has 0 radical (unpaired) electrons. The van der Waals surface area contributed by atoms with E-state index in [2.05, 4.69) is 10.2 Å². The molecule has 0 aliphatic carbocycles. The van der Waals surface area contributed by atoms with Crippen LogP contribution in [0.3, 0.4) is 0 Å². The second-order valence-electron chi connectivity index (χ2n) is 4.62. The van der Waals surface area contributed by atoms with Crippen LogP contribution in [-0.4, -0.2) is 16.8 Å². The summed E-state index contributed by atoms with van der Waals surface area (Å²) in [7, 11) is 0. The number of hydrogen-bond acceptors (Lipinski definition) is 3. The van der Waals surface area contributed by atoms with Crippen molar-refractivity contribution in [2.24, 2.45) is 0 Å². The topological polar surface area (TPSA) is 55.0 Å². The largest absolute Gasteiger partial charge is 0.374 e. The summed E-state index contributed by atoms with van der Waals surface area (Å²) >= 11 is 0. The molecule has 94 valence electrons. The number of H-pyrrole nitrogens is 1. The number of benzene rings is 1. The Morgan fingerprint density at radius 1 is 1.50 bits per heavy atom. The van der Waals surface area contributed by atoms with Crippen LogP contribution in [0.15, 0.2) is 23.0 Å². The van der Waals surface area contributed by atoms with Crippen LogP contribution in [-0.2, 0) is 11.2 Å². The average molecular weight is 244 g/mol. The molecule has 3 rings (SSSR count). The summed E-state index contributed by atoms with van der Waals surface area (Å²) in [5.74, 6) is 0.